The van der Waals surface area contributed by atoms with E-state index in [9.17, 15) is 9.59 Å². The molecule has 6 nitrogen and oxygen atoms in total. The Labute approximate surface area is 159 Å². The molecule has 0 aromatic heterocycles. The minimum Gasteiger partial charge on any atom is -0.436 e. The summed E-state index contributed by atoms with van der Waals surface area (Å²) in [5, 5.41) is 2.52. The predicted molar refractivity (Wildman–Crippen MR) is 105 cm³/mol. The minimum atomic E-state index is -0.676. The molecule has 0 unspecified atom stereocenters. The fourth-order valence-electron chi connectivity index (χ4n) is 2.30. The summed E-state index contributed by atoms with van der Waals surface area (Å²) in [5.41, 5.74) is 1.20. The van der Waals surface area contributed by atoms with Crippen molar-refractivity contribution in [1.29, 1.82) is 0 Å². The van der Waals surface area contributed by atoms with Crippen LogP contribution in [0.5, 0.6) is 5.75 Å². The summed E-state index contributed by atoms with van der Waals surface area (Å²) in [6.07, 6.45) is 5.69. The molecular formula is C21H22N2O4. The molecule has 0 spiro atoms. The predicted octanol–water partition coefficient (Wildman–Crippen LogP) is 4.67. The molecule has 0 atom stereocenters. The van der Waals surface area contributed by atoms with Crippen molar-refractivity contribution in [2.45, 2.75) is 19.8 Å². The van der Waals surface area contributed by atoms with E-state index in [2.05, 4.69) is 18.2 Å². The number of benzene rings is 2. The molecule has 1 N–H and O–H groups in total. The number of hydrogen-bond donors (Lipinski definition) is 1. The second kappa shape index (κ2) is 10.5. The molecule has 6 heteroatoms. The zero-order chi connectivity index (χ0) is 19.5. The lowest BCUT2D eigenvalue weighted by Crippen LogP contribution is -2.34. The number of anilines is 2. The quantitative estimate of drug-likeness (QED) is 0.723. The molecule has 0 saturated heterocycles. The van der Waals surface area contributed by atoms with Gasteiger partial charge >= 0.3 is 12.2 Å². The van der Waals surface area contributed by atoms with E-state index in [0.29, 0.717) is 18.0 Å². The Balaban J connectivity index is 2.07. The number of nitrogens with zero attached hydrogens (tertiary/aromatic N) is 1. The molecule has 0 aliphatic heterocycles. The van der Waals surface area contributed by atoms with Gasteiger partial charge in [-0.05, 0) is 30.7 Å². The van der Waals surface area contributed by atoms with Crippen molar-refractivity contribution in [1.82, 2.24) is 0 Å². The summed E-state index contributed by atoms with van der Waals surface area (Å²) < 4.78 is 10.2. The third-order valence-corrected chi connectivity index (χ3v) is 3.60. The third-order valence-electron chi connectivity index (χ3n) is 3.60. The van der Waals surface area contributed by atoms with Gasteiger partial charge in [-0.15, -0.1) is 6.42 Å². The first-order chi connectivity index (χ1) is 13.1. The van der Waals surface area contributed by atoms with Crippen LogP contribution in [0, 0.1) is 12.3 Å². The van der Waals surface area contributed by atoms with Crippen LogP contribution < -0.4 is 15.0 Å². The number of terminal acetylenes is 1. The molecule has 0 radical (unpaired) electrons. The van der Waals surface area contributed by atoms with E-state index in [1.807, 2.05) is 30.3 Å². The number of carbonyl (C=O) groups is 2. The molecule has 2 rings (SSSR count). The Kier molecular flexibility index (Phi) is 7.73. The number of nitrogens with one attached hydrogen (secondary N) is 1. The van der Waals surface area contributed by atoms with E-state index in [1.165, 1.54) is 6.07 Å². The molecule has 0 saturated carbocycles. The van der Waals surface area contributed by atoms with Gasteiger partial charge in [0.15, 0.2) is 6.61 Å². The Morgan fingerprint density at radius 1 is 1.15 bits per heavy atom. The van der Waals surface area contributed by atoms with E-state index in [1.54, 1.807) is 23.1 Å². The molecular weight excluding hydrogens is 344 g/mol. The lowest BCUT2D eigenvalue weighted by Gasteiger charge is -2.22. The average molecular weight is 366 g/mol. The highest BCUT2D eigenvalue weighted by molar-refractivity contribution is 5.89. The standard InChI is InChI=1S/C21H22N2O4/c1-3-5-14-23(18-11-7-6-8-12-18)21(25)27-19-13-9-10-17(16-19)22-20(24)26-15-4-2/h2,6-13,16H,3,5,14-15H2,1H3,(H,22,24). The zero-order valence-corrected chi connectivity index (χ0v) is 15.2. The SMILES string of the molecule is C#CCOC(=O)Nc1cccc(OC(=O)N(CCCC)c2ccccc2)c1. The number of unbranched alkanes of at least 4 members (excludes halogenated alkanes) is 1. The molecule has 27 heavy (non-hydrogen) atoms. The Morgan fingerprint density at radius 2 is 1.93 bits per heavy atom. The average Bonchev–Trinajstić information content (AvgIpc) is 2.68. The minimum absolute atomic E-state index is 0.121. The topological polar surface area (TPSA) is 67.9 Å². The smallest absolute Gasteiger partial charge is 0.419 e. The van der Waals surface area contributed by atoms with Crippen LogP contribution in [0.3, 0.4) is 0 Å². The van der Waals surface area contributed by atoms with Gasteiger partial charge in [0.25, 0.3) is 0 Å². The number of hydrogen-bond acceptors (Lipinski definition) is 4. The Morgan fingerprint density at radius 3 is 2.63 bits per heavy atom. The van der Waals surface area contributed by atoms with Crippen molar-refractivity contribution in [2.75, 3.05) is 23.4 Å². The Hall–Kier alpha value is -3.46. The monoisotopic (exact) mass is 366 g/mol. The van der Waals surface area contributed by atoms with E-state index in [4.69, 9.17) is 15.9 Å². The molecule has 0 heterocycles. The van der Waals surface area contributed by atoms with Gasteiger partial charge < -0.3 is 9.47 Å². The summed E-state index contributed by atoms with van der Waals surface area (Å²) in [7, 11) is 0. The zero-order valence-electron chi connectivity index (χ0n) is 15.2. The maximum absolute atomic E-state index is 12.7. The van der Waals surface area contributed by atoms with Crippen LogP contribution in [0.2, 0.25) is 0 Å². The van der Waals surface area contributed by atoms with Gasteiger partial charge in [-0.2, -0.15) is 0 Å². The second-order valence-corrected chi connectivity index (χ2v) is 5.64. The van der Waals surface area contributed by atoms with E-state index in [-0.39, 0.29) is 6.61 Å². The van der Waals surface area contributed by atoms with Gasteiger partial charge in [0.05, 0.1) is 0 Å². The van der Waals surface area contributed by atoms with Crippen LogP contribution in [-0.4, -0.2) is 25.3 Å². The van der Waals surface area contributed by atoms with Crippen molar-refractivity contribution in [2.24, 2.45) is 0 Å². The highest BCUT2D eigenvalue weighted by Crippen LogP contribution is 2.21. The van der Waals surface area contributed by atoms with Crippen LogP contribution >= 0.6 is 0 Å². The van der Waals surface area contributed by atoms with E-state index in [0.717, 1.165) is 18.5 Å². The molecule has 2 aromatic carbocycles. The first-order valence-corrected chi connectivity index (χ1v) is 8.65. The van der Waals surface area contributed by atoms with Gasteiger partial charge in [-0.25, -0.2) is 9.59 Å². The number of amides is 2. The fraction of sp³-hybridized carbons (Fsp3) is 0.238. The van der Waals surface area contributed by atoms with Crippen LogP contribution in [0.1, 0.15) is 19.8 Å². The van der Waals surface area contributed by atoms with Crippen molar-refractivity contribution in [3.05, 3.63) is 54.6 Å². The molecule has 0 aliphatic rings. The molecule has 0 bridgehead atoms. The number of rotatable bonds is 7. The maximum Gasteiger partial charge on any atom is 0.419 e. The summed E-state index contributed by atoms with van der Waals surface area (Å²) in [6.45, 7) is 2.49. The molecule has 0 aliphatic carbocycles. The number of carbonyl (C=O) groups excluding carboxylic acids is 2. The number of ether oxygens (including phenoxy) is 2. The van der Waals surface area contributed by atoms with E-state index < -0.39 is 12.2 Å². The summed E-state index contributed by atoms with van der Waals surface area (Å²) in [5.74, 6) is 2.52. The van der Waals surface area contributed by atoms with Gasteiger partial charge in [0, 0.05) is 24.0 Å². The highest BCUT2D eigenvalue weighted by atomic mass is 16.6. The van der Waals surface area contributed by atoms with Gasteiger partial charge in [-0.1, -0.05) is 43.5 Å². The molecule has 0 fully saturated rings. The van der Waals surface area contributed by atoms with Gasteiger partial charge in [0.2, 0.25) is 0 Å². The highest BCUT2D eigenvalue weighted by Gasteiger charge is 2.17. The first kappa shape index (κ1) is 19.9. The third kappa shape index (κ3) is 6.40. The van der Waals surface area contributed by atoms with Gasteiger partial charge in [0.1, 0.15) is 5.75 Å². The van der Waals surface area contributed by atoms with Crippen molar-refractivity contribution in [3.63, 3.8) is 0 Å². The molecule has 2 amide bonds. The van der Waals surface area contributed by atoms with Crippen molar-refractivity contribution < 1.29 is 19.1 Å². The molecule has 2 aromatic rings. The normalized spacial score (nSPS) is 9.78. The van der Waals surface area contributed by atoms with Crippen LogP contribution in [-0.2, 0) is 4.74 Å². The summed E-state index contributed by atoms with van der Waals surface area (Å²) in [6, 6.07) is 15.8. The summed E-state index contributed by atoms with van der Waals surface area (Å²) >= 11 is 0. The fourth-order valence-corrected chi connectivity index (χ4v) is 2.30. The number of para-hydroxylation sites is 1. The maximum atomic E-state index is 12.7. The molecule has 140 valence electrons. The van der Waals surface area contributed by atoms with Crippen LogP contribution in [0.15, 0.2) is 54.6 Å². The van der Waals surface area contributed by atoms with Gasteiger partial charge in [-0.3, -0.25) is 10.2 Å². The van der Waals surface area contributed by atoms with Crippen LogP contribution in [0.25, 0.3) is 0 Å². The largest absolute Gasteiger partial charge is 0.436 e. The van der Waals surface area contributed by atoms with Crippen LogP contribution in [0.4, 0.5) is 21.0 Å². The summed E-state index contributed by atoms with van der Waals surface area (Å²) in [4.78, 5) is 25.8. The van der Waals surface area contributed by atoms with Crippen molar-refractivity contribution in [3.8, 4) is 18.1 Å². The lowest BCUT2D eigenvalue weighted by molar-refractivity contribution is 0.176. The van der Waals surface area contributed by atoms with Crippen molar-refractivity contribution >= 4 is 23.6 Å². The second-order valence-electron chi connectivity index (χ2n) is 5.64. The van der Waals surface area contributed by atoms with E-state index >= 15 is 0 Å². The first-order valence-electron chi connectivity index (χ1n) is 8.65. The Bertz CT molecular complexity index is 799. The lowest BCUT2D eigenvalue weighted by atomic mass is 10.2.